The van der Waals surface area contributed by atoms with Crippen molar-refractivity contribution in [1.29, 1.82) is 0 Å². The van der Waals surface area contributed by atoms with Gasteiger partial charge < -0.3 is 10.5 Å². The summed E-state index contributed by atoms with van der Waals surface area (Å²) in [5.41, 5.74) is 5.65. The number of carbonyl (C=O) groups excluding carboxylic acids is 1. The van der Waals surface area contributed by atoms with Crippen molar-refractivity contribution in [2.24, 2.45) is 5.73 Å². The zero-order valence-electron chi connectivity index (χ0n) is 11.6. The van der Waals surface area contributed by atoms with Crippen LogP contribution >= 0.6 is 11.6 Å². The molecule has 0 spiro atoms. The molecular weight excluding hydrogens is 328 g/mol. The Hall–Kier alpha value is -2.12. The first-order chi connectivity index (χ1) is 10.3. The van der Waals surface area contributed by atoms with Crippen LogP contribution in [0.15, 0.2) is 41.6 Å². The molecule has 0 fully saturated rings. The summed E-state index contributed by atoms with van der Waals surface area (Å²) in [6, 6.07) is 5.73. The second-order valence-corrected chi connectivity index (χ2v) is 6.89. The summed E-state index contributed by atoms with van der Waals surface area (Å²) in [6.45, 7) is 0. The molecule has 2 aromatic rings. The van der Waals surface area contributed by atoms with Crippen LogP contribution in [0.2, 0.25) is 5.02 Å². The zero-order valence-corrected chi connectivity index (χ0v) is 13.2. The number of benzene rings is 1. The minimum absolute atomic E-state index is 0.0213. The quantitative estimate of drug-likeness (QED) is 0.894. The van der Waals surface area contributed by atoms with Crippen LogP contribution in [0.1, 0.15) is 15.9 Å². The number of nitrogens with zero attached hydrogens (tertiary/aromatic N) is 1. The number of amides is 1. The third-order valence-corrected chi connectivity index (χ3v) is 4.83. The molecule has 1 heterocycles. The number of methoxy groups -OCH3 is 1. The van der Waals surface area contributed by atoms with E-state index in [2.05, 4.69) is 4.98 Å². The smallest absolute Gasteiger partial charge is 0.250 e. The molecule has 0 aliphatic carbocycles. The fourth-order valence-corrected chi connectivity index (χ4v) is 3.65. The van der Waals surface area contributed by atoms with Crippen molar-refractivity contribution in [3.8, 4) is 5.75 Å². The molecule has 0 atom stereocenters. The van der Waals surface area contributed by atoms with E-state index in [1.165, 1.54) is 43.8 Å². The molecule has 22 heavy (non-hydrogen) atoms. The average molecular weight is 341 g/mol. The van der Waals surface area contributed by atoms with Gasteiger partial charge in [-0.3, -0.25) is 9.78 Å². The van der Waals surface area contributed by atoms with E-state index in [4.69, 9.17) is 22.1 Å². The number of aromatic nitrogens is 1. The molecule has 0 unspecified atom stereocenters. The predicted octanol–water partition coefficient (Wildman–Crippen LogP) is 1.82. The zero-order chi connectivity index (χ0) is 16.3. The normalized spacial score (nSPS) is 11.2. The topological polar surface area (TPSA) is 99.3 Å². The van der Waals surface area contributed by atoms with Gasteiger partial charge in [-0.1, -0.05) is 11.6 Å². The Balaban J connectivity index is 2.42. The first-order valence-electron chi connectivity index (χ1n) is 6.13. The van der Waals surface area contributed by atoms with Crippen LogP contribution in [0.3, 0.4) is 0 Å². The molecular formula is C14H13ClN2O4S. The molecule has 0 radical (unpaired) electrons. The Bertz CT molecular complexity index is 821. The van der Waals surface area contributed by atoms with E-state index < -0.39 is 15.7 Å². The van der Waals surface area contributed by atoms with E-state index in [0.29, 0.717) is 5.56 Å². The summed E-state index contributed by atoms with van der Waals surface area (Å²) in [4.78, 5) is 14.9. The number of halogens is 1. The van der Waals surface area contributed by atoms with Gasteiger partial charge in [-0.2, -0.15) is 0 Å². The summed E-state index contributed by atoms with van der Waals surface area (Å²) >= 11 is 5.86. The lowest BCUT2D eigenvalue weighted by molar-refractivity contribution is 0.1000. The number of rotatable bonds is 5. The van der Waals surface area contributed by atoms with Crippen molar-refractivity contribution in [3.05, 3.63) is 52.8 Å². The highest BCUT2D eigenvalue weighted by Crippen LogP contribution is 2.29. The van der Waals surface area contributed by atoms with E-state index in [1.807, 2.05) is 0 Å². The van der Waals surface area contributed by atoms with Gasteiger partial charge in [0, 0.05) is 17.4 Å². The Kier molecular flexibility index (Phi) is 4.68. The molecule has 0 bridgehead atoms. The van der Waals surface area contributed by atoms with Gasteiger partial charge in [0.1, 0.15) is 10.6 Å². The molecule has 1 amide bonds. The van der Waals surface area contributed by atoms with Crippen molar-refractivity contribution >= 4 is 27.3 Å². The number of primary amides is 1. The lowest BCUT2D eigenvalue weighted by atomic mass is 10.2. The summed E-state index contributed by atoms with van der Waals surface area (Å²) in [6.07, 6.45) is 2.64. The Morgan fingerprint density at radius 3 is 2.68 bits per heavy atom. The van der Waals surface area contributed by atoms with Crippen molar-refractivity contribution in [2.45, 2.75) is 10.6 Å². The van der Waals surface area contributed by atoms with Crippen LogP contribution in [0, 0.1) is 0 Å². The van der Waals surface area contributed by atoms with Gasteiger partial charge in [0.15, 0.2) is 9.84 Å². The predicted molar refractivity (Wildman–Crippen MR) is 81.6 cm³/mol. The lowest BCUT2D eigenvalue weighted by Crippen LogP contribution is -2.13. The summed E-state index contributed by atoms with van der Waals surface area (Å²) in [7, 11) is -2.35. The highest BCUT2D eigenvalue weighted by atomic mass is 35.5. The van der Waals surface area contributed by atoms with Crippen molar-refractivity contribution in [2.75, 3.05) is 7.11 Å². The number of ether oxygens (including phenoxy) is 1. The van der Waals surface area contributed by atoms with E-state index in [1.54, 1.807) is 0 Å². The maximum atomic E-state index is 12.5. The van der Waals surface area contributed by atoms with Gasteiger partial charge in [0.2, 0.25) is 5.91 Å². The molecule has 1 aromatic heterocycles. The number of hydrogen-bond donors (Lipinski definition) is 1. The van der Waals surface area contributed by atoms with Crippen LogP contribution in [0.25, 0.3) is 0 Å². The van der Waals surface area contributed by atoms with Crippen molar-refractivity contribution in [1.82, 2.24) is 4.98 Å². The molecule has 0 saturated heterocycles. The minimum Gasteiger partial charge on any atom is -0.495 e. The Morgan fingerprint density at radius 2 is 2.05 bits per heavy atom. The van der Waals surface area contributed by atoms with Gasteiger partial charge in [0.05, 0.1) is 18.4 Å². The maximum Gasteiger partial charge on any atom is 0.250 e. The molecule has 2 N–H and O–H groups in total. The van der Waals surface area contributed by atoms with Crippen molar-refractivity contribution < 1.29 is 17.9 Å². The standard InChI is InChI=1S/C14H13ClN2O4S/c1-21-12-3-2-11(15)5-13(12)22(19,20)8-9-4-10(14(16)18)7-17-6-9/h2-7H,8H2,1H3,(H2,16,18). The molecule has 6 nitrogen and oxygen atoms in total. The summed E-state index contributed by atoms with van der Waals surface area (Å²) in [5.74, 6) is -0.826. The fraction of sp³-hybridized carbons (Fsp3) is 0.143. The Morgan fingerprint density at radius 1 is 1.32 bits per heavy atom. The molecule has 8 heteroatoms. The van der Waals surface area contributed by atoms with Crippen molar-refractivity contribution in [3.63, 3.8) is 0 Å². The number of hydrogen-bond acceptors (Lipinski definition) is 5. The van der Waals surface area contributed by atoms with E-state index >= 15 is 0 Å². The Labute approximate surface area is 132 Å². The SMILES string of the molecule is COc1ccc(Cl)cc1S(=O)(=O)Cc1cncc(C(N)=O)c1. The monoisotopic (exact) mass is 340 g/mol. The number of carbonyl (C=O) groups is 1. The lowest BCUT2D eigenvalue weighted by Gasteiger charge is -2.10. The van der Waals surface area contributed by atoms with Crippen LogP contribution < -0.4 is 10.5 Å². The summed E-state index contributed by atoms with van der Waals surface area (Å²) in [5, 5.41) is 0.281. The second-order valence-electron chi connectivity index (χ2n) is 4.50. The van der Waals surface area contributed by atoms with E-state index in [9.17, 15) is 13.2 Å². The first kappa shape index (κ1) is 16.3. The van der Waals surface area contributed by atoms with Crippen LogP contribution in [0.4, 0.5) is 0 Å². The minimum atomic E-state index is -3.72. The molecule has 1 aromatic carbocycles. The molecule has 0 aliphatic heterocycles. The molecule has 0 aliphatic rings. The van der Waals surface area contributed by atoms with E-state index in [-0.39, 0.29) is 27.0 Å². The maximum absolute atomic E-state index is 12.5. The molecule has 2 rings (SSSR count). The van der Waals surface area contributed by atoms with Crippen LogP contribution in [-0.2, 0) is 15.6 Å². The highest BCUT2D eigenvalue weighted by Gasteiger charge is 2.21. The van der Waals surface area contributed by atoms with Crippen LogP contribution in [-0.4, -0.2) is 26.4 Å². The average Bonchev–Trinajstić information content (AvgIpc) is 2.47. The third kappa shape index (κ3) is 3.55. The second kappa shape index (κ2) is 6.33. The van der Waals surface area contributed by atoms with Crippen LogP contribution in [0.5, 0.6) is 5.75 Å². The third-order valence-electron chi connectivity index (χ3n) is 2.90. The number of pyridine rings is 1. The molecule has 0 saturated carbocycles. The molecule has 116 valence electrons. The summed E-state index contributed by atoms with van der Waals surface area (Å²) < 4.78 is 30.1. The first-order valence-corrected chi connectivity index (χ1v) is 8.16. The van der Waals surface area contributed by atoms with Gasteiger partial charge >= 0.3 is 0 Å². The van der Waals surface area contributed by atoms with Gasteiger partial charge in [-0.15, -0.1) is 0 Å². The number of sulfone groups is 1. The fourth-order valence-electron chi connectivity index (χ4n) is 1.89. The van der Waals surface area contributed by atoms with Gasteiger partial charge in [-0.05, 0) is 29.8 Å². The van der Waals surface area contributed by atoms with Gasteiger partial charge in [0.25, 0.3) is 0 Å². The number of nitrogens with two attached hydrogens (primary N) is 1. The van der Waals surface area contributed by atoms with E-state index in [0.717, 1.165) is 0 Å². The largest absolute Gasteiger partial charge is 0.495 e. The highest BCUT2D eigenvalue weighted by molar-refractivity contribution is 7.90. The van der Waals surface area contributed by atoms with Gasteiger partial charge in [-0.25, -0.2) is 8.42 Å².